The summed E-state index contributed by atoms with van der Waals surface area (Å²) < 4.78 is 39.3. The van der Waals surface area contributed by atoms with Crippen molar-refractivity contribution in [1.82, 2.24) is 0 Å². The average Bonchev–Trinajstić information content (AvgIpc) is 2.45. The van der Waals surface area contributed by atoms with E-state index in [1.165, 1.54) is 23.6 Å². The first-order valence-electron chi connectivity index (χ1n) is 8.68. The lowest BCUT2D eigenvalue weighted by Gasteiger charge is -2.32. The summed E-state index contributed by atoms with van der Waals surface area (Å²) in [5, 5.41) is 0. The zero-order valence-electron chi connectivity index (χ0n) is 15.8. The summed E-state index contributed by atoms with van der Waals surface area (Å²) in [6.45, 7) is 9.49. The van der Waals surface area contributed by atoms with E-state index >= 15 is 0 Å². The maximum Gasteiger partial charge on any atom is 0.398 e. The predicted molar refractivity (Wildman–Crippen MR) is 97.2 cm³/mol. The summed E-state index contributed by atoms with van der Waals surface area (Å²) in [5.74, 6) is 0. The molecule has 0 bridgehead atoms. The van der Waals surface area contributed by atoms with Gasteiger partial charge in [0.2, 0.25) is 0 Å². The van der Waals surface area contributed by atoms with Gasteiger partial charge in [-0.15, -0.1) is 0 Å². The van der Waals surface area contributed by atoms with Gasteiger partial charge in [0.15, 0.2) is 0 Å². The second-order valence-electron chi connectivity index (χ2n) is 7.82. The third-order valence-corrected chi connectivity index (χ3v) is 5.03. The Balaban J connectivity index is 2.93. The van der Waals surface area contributed by atoms with Crippen LogP contribution in [-0.2, 0) is 4.79 Å². The van der Waals surface area contributed by atoms with Crippen LogP contribution in [0.15, 0.2) is 47.1 Å². The number of hydrogen-bond donors (Lipinski definition) is 0. The Morgan fingerprint density at radius 1 is 1.28 bits per heavy atom. The molecule has 4 heteroatoms. The average molecular weight is 354 g/mol. The van der Waals surface area contributed by atoms with Crippen LogP contribution in [0.1, 0.15) is 60.3 Å². The molecule has 0 aromatic carbocycles. The first kappa shape index (κ1) is 21.5. The van der Waals surface area contributed by atoms with E-state index in [1.54, 1.807) is 6.08 Å². The van der Waals surface area contributed by atoms with E-state index < -0.39 is 18.0 Å². The molecule has 1 rings (SSSR count). The smallest absolute Gasteiger partial charge is 0.303 e. The van der Waals surface area contributed by atoms with Gasteiger partial charge in [-0.3, -0.25) is 0 Å². The third kappa shape index (κ3) is 5.72. The van der Waals surface area contributed by atoms with Gasteiger partial charge < -0.3 is 4.79 Å². The molecule has 1 nitrogen and oxygen atoms in total. The van der Waals surface area contributed by atoms with Gasteiger partial charge in [0.25, 0.3) is 0 Å². The van der Waals surface area contributed by atoms with Gasteiger partial charge in [0.05, 0.1) is 5.41 Å². The fraction of sp³-hybridized carbons (Fsp3) is 0.571. The first-order chi connectivity index (χ1) is 11.4. The van der Waals surface area contributed by atoms with Gasteiger partial charge in [-0.2, -0.15) is 13.2 Å². The summed E-state index contributed by atoms with van der Waals surface area (Å²) in [6, 6.07) is 0. The Labute approximate surface area is 149 Å². The highest BCUT2D eigenvalue weighted by molar-refractivity contribution is 5.52. The topological polar surface area (TPSA) is 17.1 Å². The van der Waals surface area contributed by atoms with E-state index in [0.717, 1.165) is 31.4 Å². The Bertz CT molecular complexity index is 603. The van der Waals surface area contributed by atoms with Crippen LogP contribution >= 0.6 is 0 Å². The highest BCUT2D eigenvalue weighted by Gasteiger charge is 2.48. The molecule has 0 spiro atoms. The van der Waals surface area contributed by atoms with Crippen LogP contribution in [0.4, 0.5) is 13.2 Å². The molecule has 0 radical (unpaired) electrons. The van der Waals surface area contributed by atoms with Gasteiger partial charge in [-0.25, -0.2) is 0 Å². The number of alkyl halides is 3. The van der Waals surface area contributed by atoms with Crippen molar-refractivity contribution in [3.63, 3.8) is 0 Å². The summed E-state index contributed by atoms with van der Waals surface area (Å²) in [6.07, 6.45) is 6.86. The van der Waals surface area contributed by atoms with Crippen LogP contribution in [0, 0.1) is 10.8 Å². The summed E-state index contributed by atoms with van der Waals surface area (Å²) in [5.41, 5.74) is 1.57. The molecule has 1 aliphatic rings. The van der Waals surface area contributed by atoms with Gasteiger partial charge in [-0.05, 0) is 51.0 Å². The van der Waals surface area contributed by atoms with Crippen LogP contribution in [0.3, 0.4) is 0 Å². The van der Waals surface area contributed by atoms with E-state index in [9.17, 15) is 18.0 Å². The molecule has 0 aromatic rings. The number of hydrogen-bond acceptors (Lipinski definition) is 1. The van der Waals surface area contributed by atoms with Crippen molar-refractivity contribution in [1.29, 1.82) is 0 Å². The zero-order valence-corrected chi connectivity index (χ0v) is 15.8. The fourth-order valence-corrected chi connectivity index (χ4v) is 3.14. The first-order valence-corrected chi connectivity index (χ1v) is 8.68. The van der Waals surface area contributed by atoms with Crippen LogP contribution in [0.25, 0.3) is 0 Å². The lowest BCUT2D eigenvalue weighted by molar-refractivity contribution is -0.200. The van der Waals surface area contributed by atoms with E-state index in [4.69, 9.17) is 0 Å². The van der Waals surface area contributed by atoms with Gasteiger partial charge in [0, 0.05) is 6.42 Å². The van der Waals surface area contributed by atoms with E-state index in [1.807, 2.05) is 13.0 Å². The Morgan fingerprint density at radius 2 is 1.92 bits per heavy atom. The van der Waals surface area contributed by atoms with Crippen LogP contribution < -0.4 is 0 Å². The normalized spacial score (nSPS) is 21.8. The van der Waals surface area contributed by atoms with E-state index in [0.29, 0.717) is 6.29 Å². The van der Waals surface area contributed by atoms with E-state index in [-0.39, 0.29) is 5.41 Å². The highest BCUT2D eigenvalue weighted by Crippen LogP contribution is 2.42. The molecule has 0 saturated carbocycles. The molecule has 0 amide bonds. The van der Waals surface area contributed by atoms with Gasteiger partial charge in [0.1, 0.15) is 6.29 Å². The molecule has 0 saturated heterocycles. The summed E-state index contributed by atoms with van der Waals surface area (Å²) >= 11 is 0. The number of rotatable bonds is 6. The van der Waals surface area contributed by atoms with Crippen LogP contribution in [0.5, 0.6) is 0 Å². The second kappa shape index (κ2) is 8.20. The van der Waals surface area contributed by atoms with Crippen molar-refractivity contribution in [3.8, 4) is 0 Å². The molecule has 1 aliphatic carbocycles. The van der Waals surface area contributed by atoms with Crippen molar-refractivity contribution >= 4 is 6.29 Å². The largest absolute Gasteiger partial charge is 0.398 e. The van der Waals surface area contributed by atoms with Crippen molar-refractivity contribution < 1.29 is 18.0 Å². The molecule has 140 valence electrons. The number of carbonyl (C=O) groups is 1. The van der Waals surface area contributed by atoms with Crippen molar-refractivity contribution in [2.24, 2.45) is 10.8 Å². The SMILES string of the molecule is CC1=C(/C=C/C(C)=C/C=C/C(C)(CC=O)C(F)(F)F)C(C)(C)CCC1. The molecular weight excluding hydrogens is 325 g/mol. The van der Waals surface area contributed by atoms with Crippen LogP contribution in [0.2, 0.25) is 0 Å². The molecule has 25 heavy (non-hydrogen) atoms. The minimum absolute atomic E-state index is 0.133. The van der Waals surface area contributed by atoms with Gasteiger partial charge >= 0.3 is 6.18 Å². The van der Waals surface area contributed by atoms with Crippen molar-refractivity contribution in [2.75, 3.05) is 0 Å². The number of allylic oxidation sites excluding steroid dienone is 8. The lowest BCUT2D eigenvalue weighted by atomic mass is 9.72. The van der Waals surface area contributed by atoms with Gasteiger partial charge in [-0.1, -0.05) is 55.4 Å². The molecular formula is C21H29F3O. The summed E-state index contributed by atoms with van der Waals surface area (Å²) in [7, 11) is 0. The molecule has 0 heterocycles. The number of carbonyl (C=O) groups excluding carboxylic acids is 1. The second-order valence-corrected chi connectivity index (χ2v) is 7.82. The van der Waals surface area contributed by atoms with Crippen molar-refractivity contribution in [2.45, 2.75) is 66.5 Å². The third-order valence-electron chi connectivity index (χ3n) is 5.03. The Kier molecular flexibility index (Phi) is 7.04. The molecule has 1 atom stereocenters. The van der Waals surface area contributed by atoms with Crippen LogP contribution in [-0.4, -0.2) is 12.5 Å². The van der Waals surface area contributed by atoms with E-state index in [2.05, 4.69) is 26.8 Å². The standard InChI is InChI=1S/C21H29F3O/c1-16(8-6-13-20(5,14-15-25)21(22,23)24)10-11-18-17(2)9-7-12-19(18,3)4/h6,8,10-11,13,15H,7,9,12,14H2,1-5H3/b11-10+,13-6+,16-8+. The molecule has 1 unspecified atom stereocenters. The Hall–Kier alpha value is -1.58. The number of aldehydes is 1. The lowest BCUT2D eigenvalue weighted by Crippen LogP contribution is -2.33. The molecule has 0 N–H and O–H groups in total. The maximum atomic E-state index is 13.1. The fourth-order valence-electron chi connectivity index (χ4n) is 3.14. The zero-order chi connectivity index (χ0) is 19.3. The monoisotopic (exact) mass is 354 g/mol. The summed E-state index contributed by atoms with van der Waals surface area (Å²) in [4.78, 5) is 10.6. The quantitative estimate of drug-likeness (QED) is 0.382. The molecule has 0 aliphatic heterocycles. The highest BCUT2D eigenvalue weighted by atomic mass is 19.4. The Morgan fingerprint density at radius 3 is 2.44 bits per heavy atom. The molecule has 0 fully saturated rings. The molecule has 0 aromatic heterocycles. The minimum atomic E-state index is -4.45. The number of halogens is 3. The predicted octanol–water partition coefficient (Wildman–Crippen LogP) is 6.73. The maximum absolute atomic E-state index is 13.1. The van der Waals surface area contributed by atoms with Crippen molar-refractivity contribution in [3.05, 3.63) is 47.1 Å². The minimum Gasteiger partial charge on any atom is -0.303 e.